The average Bonchev–Trinajstić information content (AvgIpc) is 2.47. The van der Waals surface area contributed by atoms with Crippen molar-refractivity contribution in [3.05, 3.63) is 70.7 Å². The number of amides is 1. The lowest BCUT2D eigenvalue weighted by Gasteiger charge is -2.06. The number of benzene rings is 2. The lowest BCUT2D eigenvalue weighted by molar-refractivity contribution is 0.0954. The van der Waals surface area contributed by atoms with Crippen molar-refractivity contribution in [2.24, 2.45) is 0 Å². The van der Waals surface area contributed by atoms with E-state index in [0.29, 0.717) is 17.1 Å². The molecular weight excluding hydrogens is 381 g/mol. The van der Waals surface area contributed by atoms with Gasteiger partial charge in [-0.2, -0.15) is 8.42 Å². The van der Waals surface area contributed by atoms with Crippen LogP contribution in [0.1, 0.15) is 15.9 Å². The summed E-state index contributed by atoms with van der Waals surface area (Å²) in [7, 11) is 4.81. The minimum Gasteiger partial charge on any atom is -0.352 e. The Morgan fingerprint density at radius 2 is 1.48 bits per heavy atom. The molecule has 0 aliphatic carbocycles. The fourth-order valence-corrected chi connectivity index (χ4v) is 1.93. The van der Waals surface area contributed by atoms with Gasteiger partial charge in [0, 0.05) is 27.9 Å². The Morgan fingerprint density at radius 1 is 0.957 bits per heavy atom. The van der Waals surface area contributed by atoms with Gasteiger partial charge in [0.05, 0.1) is 10.6 Å². The molecule has 0 fully saturated rings. The van der Waals surface area contributed by atoms with Gasteiger partial charge in [-0.05, 0) is 24.1 Å². The molecule has 4 nitrogen and oxygen atoms in total. The molecule has 124 valence electrons. The molecule has 0 saturated heterocycles. The van der Waals surface area contributed by atoms with Crippen molar-refractivity contribution in [2.75, 3.05) is 6.54 Å². The number of rotatable bonds is 4. The predicted octanol–water partition coefficient (Wildman–Crippen LogP) is 4.02. The predicted molar refractivity (Wildman–Crippen MR) is 94.6 cm³/mol. The first-order chi connectivity index (χ1) is 10.8. The van der Waals surface area contributed by atoms with Gasteiger partial charge in [0.25, 0.3) is 5.91 Å². The van der Waals surface area contributed by atoms with E-state index in [9.17, 15) is 4.79 Å². The summed E-state index contributed by atoms with van der Waals surface area (Å²) in [5, 5.41) is 3.35. The van der Waals surface area contributed by atoms with Crippen LogP contribution >= 0.6 is 33.0 Å². The van der Waals surface area contributed by atoms with Gasteiger partial charge < -0.3 is 5.32 Å². The van der Waals surface area contributed by atoms with Gasteiger partial charge in [0.15, 0.2) is 0 Å². The minimum absolute atomic E-state index is 0.128. The van der Waals surface area contributed by atoms with E-state index >= 15 is 0 Å². The van der Waals surface area contributed by atoms with E-state index in [4.69, 9.17) is 20.0 Å². The van der Waals surface area contributed by atoms with Crippen molar-refractivity contribution in [2.45, 2.75) is 6.42 Å². The lowest BCUT2D eigenvalue weighted by Crippen LogP contribution is -2.25. The summed E-state index contributed by atoms with van der Waals surface area (Å²) in [6.45, 7) is 0.605. The van der Waals surface area contributed by atoms with Gasteiger partial charge in [0.1, 0.15) is 0 Å². The van der Waals surface area contributed by atoms with Gasteiger partial charge in [-0.3, -0.25) is 4.79 Å². The normalized spacial score (nSPS) is 10.4. The van der Waals surface area contributed by atoms with Crippen LogP contribution in [0, 0.1) is 0 Å². The molecule has 0 radical (unpaired) electrons. The van der Waals surface area contributed by atoms with Crippen LogP contribution in [0.25, 0.3) is 0 Å². The summed E-state index contributed by atoms with van der Waals surface area (Å²) in [6, 6.07) is 17.1. The maximum absolute atomic E-state index is 11.9. The highest BCUT2D eigenvalue weighted by molar-refractivity contribution is 8.31. The quantitative estimate of drug-likeness (QED) is 0.797. The Kier molecular flexibility index (Phi) is 8.41. The van der Waals surface area contributed by atoms with Crippen LogP contribution in [-0.4, -0.2) is 20.9 Å². The molecule has 0 unspecified atom stereocenters. The number of hydrogen-bond donors (Lipinski definition) is 1. The van der Waals surface area contributed by atoms with Crippen LogP contribution in [0.4, 0.5) is 0 Å². The third-order valence-corrected chi connectivity index (χ3v) is 2.99. The molecule has 0 aromatic heterocycles. The first-order valence-corrected chi connectivity index (χ1v) is 9.99. The summed E-state index contributed by atoms with van der Waals surface area (Å²) >= 11 is 5.95. The number of hydrogen-bond acceptors (Lipinski definition) is 3. The Labute approximate surface area is 149 Å². The fourth-order valence-electron chi connectivity index (χ4n) is 1.71. The monoisotopic (exact) mass is 393 g/mol. The maximum atomic E-state index is 11.9. The summed E-state index contributed by atoms with van der Waals surface area (Å²) in [5.74, 6) is -0.128. The van der Waals surface area contributed by atoms with Crippen molar-refractivity contribution in [3.8, 4) is 0 Å². The van der Waals surface area contributed by atoms with Gasteiger partial charge >= 0.3 is 8.26 Å². The van der Waals surface area contributed by atoms with E-state index in [1.165, 1.54) is 5.56 Å². The molecule has 0 heterocycles. The molecule has 0 spiro atoms. The highest BCUT2D eigenvalue weighted by atomic mass is 36.0. The van der Waals surface area contributed by atoms with Crippen LogP contribution < -0.4 is 5.32 Å². The molecule has 1 amide bonds. The average molecular weight is 395 g/mol. The number of nitrogens with one attached hydrogen (secondary N) is 1. The number of carbonyl (C=O) groups is 1. The van der Waals surface area contributed by atoms with Gasteiger partial charge in [-0.15, -0.1) is 0 Å². The van der Waals surface area contributed by atoms with E-state index in [1.807, 2.05) is 36.4 Å². The molecule has 8 heteroatoms. The zero-order valence-corrected chi connectivity index (χ0v) is 15.0. The largest absolute Gasteiger partial charge is 0.352 e. The van der Waals surface area contributed by atoms with E-state index < -0.39 is 8.26 Å². The number of halogens is 3. The summed E-state index contributed by atoms with van der Waals surface area (Å²) in [4.78, 5) is 11.9. The van der Waals surface area contributed by atoms with Crippen LogP contribution in [0.5, 0.6) is 0 Å². The summed E-state index contributed by atoms with van der Waals surface area (Å²) in [6.07, 6.45) is 0.817. The smallest absolute Gasteiger partial charge is 0.317 e. The Morgan fingerprint density at radius 3 is 2.04 bits per heavy atom. The van der Waals surface area contributed by atoms with Crippen LogP contribution in [0.15, 0.2) is 54.6 Å². The van der Waals surface area contributed by atoms with Gasteiger partial charge in [-0.1, -0.05) is 54.1 Å². The second kappa shape index (κ2) is 9.78. The molecule has 2 aromatic rings. The molecule has 2 rings (SSSR count). The Balaban J connectivity index is 0.000000463. The summed E-state index contributed by atoms with van der Waals surface area (Å²) < 4.78 is 18.3. The molecule has 23 heavy (non-hydrogen) atoms. The van der Waals surface area contributed by atoms with Crippen LogP contribution in [-0.2, 0) is 14.7 Å². The van der Waals surface area contributed by atoms with Gasteiger partial charge in [0.2, 0.25) is 0 Å². The highest BCUT2D eigenvalue weighted by Gasteiger charge is 2.08. The fraction of sp³-hybridized carbons (Fsp3) is 0.133. The summed E-state index contributed by atoms with van der Waals surface area (Å²) in [5.41, 5.74) is 1.73. The SMILES string of the molecule is O=C(NCCc1ccccc1)c1ccccc1Cl.O=S(=O)(Cl)Cl. The number of carbonyl (C=O) groups excluding carboxylic acids is 1. The molecule has 2 aromatic carbocycles. The van der Waals surface area contributed by atoms with Crippen molar-refractivity contribution in [1.29, 1.82) is 0 Å². The molecule has 1 N–H and O–H groups in total. The molecule has 0 saturated carbocycles. The molecule has 0 bridgehead atoms. The molecule has 0 aliphatic rings. The first kappa shape index (κ1) is 19.8. The standard InChI is InChI=1S/C15H14ClNO.Cl2O2S/c16-14-9-5-4-8-13(14)15(18)17-11-10-12-6-2-1-3-7-12;1-5(2,3)4/h1-9H,10-11H2,(H,17,18);. The third-order valence-electron chi connectivity index (χ3n) is 2.66. The van der Waals surface area contributed by atoms with E-state index in [1.54, 1.807) is 18.2 Å². The lowest BCUT2D eigenvalue weighted by atomic mass is 10.1. The molecular formula is C15H14Cl3NO3S. The Hall–Kier alpha value is -1.27. The second-order valence-electron chi connectivity index (χ2n) is 4.35. The van der Waals surface area contributed by atoms with Crippen LogP contribution in [0.3, 0.4) is 0 Å². The topological polar surface area (TPSA) is 63.2 Å². The second-order valence-corrected chi connectivity index (χ2v) is 8.43. The molecule has 0 aliphatic heterocycles. The zero-order chi connectivity index (χ0) is 17.3. The minimum atomic E-state index is -3.72. The molecule has 0 atom stereocenters. The van der Waals surface area contributed by atoms with Crippen molar-refractivity contribution < 1.29 is 13.2 Å². The maximum Gasteiger partial charge on any atom is 0.317 e. The van der Waals surface area contributed by atoms with E-state index in [-0.39, 0.29) is 5.91 Å². The van der Waals surface area contributed by atoms with Crippen molar-refractivity contribution in [1.82, 2.24) is 5.32 Å². The van der Waals surface area contributed by atoms with E-state index in [0.717, 1.165) is 6.42 Å². The highest BCUT2D eigenvalue weighted by Crippen LogP contribution is 2.14. The van der Waals surface area contributed by atoms with Gasteiger partial charge in [-0.25, -0.2) is 0 Å². The third kappa shape index (κ3) is 9.46. The first-order valence-electron chi connectivity index (χ1n) is 6.48. The van der Waals surface area contributed by atoms with Crippen molar-refractivity contribution in [3.63, 3.8) is 0 Å². The van der Waals surface area contributed by atoms with Crippen molar-refractivity contribution >= 4 is 47.1 Å². The zero-order valence-electron chi connectivity index (χ0n) is 11.9. The Bertz CT molecular complexity index is 729. The van der Waals surface area contributed by atoms with Crippen LogP contribution in [0.2, 0.25) is 5.02 Å². The van der Waals surface area contributed by atoms with E-state index in [2.05, 4.69) is 26.7 Å².